The molecule has 0 N–H and O–H groups in total. The molecule has 16 heavy (non-hydrogen) atoms. The average Bonchev–Trinajstić information content (AvgIpc) is 2.73. The highest BCUT2D eigenvalue weighted by Crippen LogP contribution is 2.28. The summed E-state index contributed by atoms with van der Waals surface area (Å²) in [6, 6.07) is 1.89. The van der Waals surface area contributed by atoms with Crippen LogP contribution < -0.4 is 0 Å². The molecule has 1 aromatic rings. The number of nitrogens with zero attached hydrogens (tertiary/aromatic N) is 2. The molecule has 0 radical (unpaired) electrons. The Balaban J connectivity index is 1.94. The number of hydrogen-bond acceptors (Lipinski definition) is 2. The van der Waals surface area contributed by atoms with Crippen molar-refractivity contribution in [2.75, 3.05) is 19.6 Å². The largest absolute Gasteiger partial charge is 0.357 e. The van der Waals surface area contributed by atoms with Crippen molar-refractivity contribution in [3.8, 4) is 0 Å². The highest BCUT2D eigenvalue weighted by Gasteiger charge is 2.30. The Morgan fingerprint density at radius 3 is 2.75 bits per heavy atom. The lowest BCUT2D eigenvalue weighted by Gasteiger charge is -2.18. The van der Waals surface area contributed by atoms with Crippen LogP contribution >= 0.6 is 0 Å². The van der Waals surface area contributed by atoms with Crippen LogP contribution in [-0.4, -0.2) is 34.9 Å². The summed E-state index contributed by atoms with van der Waals surface area (Å²) >= 11 is 0. The van der Waals surface area contributed by atoms with E-state index in [1.165, 1.54) is 6.42 Å². The molecule has 0 unspecified atom stereocenters. The zero-order valence-electron chi connectivity index (χ0n) is 10.4. The van der Waals surface area contributed by atoms with Crippen LogP contribution in [0.15, 0.2) is 18.5 Å². The van der Waals surface area contributed by atoms with Crippen LogP contribution in [0.3, 0.4) is 0 Å². The highest BCUT2D eigenvalue weighted by atomic mass is 16.1. The molecule has 3 heteroatoms. The molecule has 1 aliphatic heterocycles. The molecule has 3 nitrogen and oxygen atoms in total. The van der Waals surface area contributed by atoms with Gasteiger partial charge in [0.25, 0.3) is 0 Å². The Labute approximate surface area is 97.1 Å². The van der Waals surface area contributed by atoms with Gasteiger partial charge in [-0.15, -0.1) is 0 Å². The van der Waals surface area contributed by atoms with Crippen molar-refractivity contribution in [3.05, 3.63) is 24.0 Å². The van der Waals surface area contributed by atoms with Crippen molar-refractivity contribution >= 4 is 5.78 Å². The van der Waals surface area contributed by atoms with E-state index in [1.807, 2.05) is 30.1 Å². The van der Waals surface area contributed by atoms with Crippen LogP contribution in [-0.2, 0) is 7.05 Å². The molecule has 1 aliphatic rings. The van der Waals surface area contributed by atoms with Crippen molar-refractivity contribution in [1.82, 2.24) is 9.47 Å². The fourth-order valence-corrected chi connectivity index (χ4v) is 2.32. The third-order valence-corrected chi connectivity index (χ3v) is 3.28. The second-order valence-electron chi connectivity index (χ2n) is 5.61. The molecule has 2 rings (SSSR count). The molecular formula is C13H20N2O. The van der Waals surface area contributed by atoms with E-state index in [0.29, 0.717) is 12.0 Å². The molecule has 1 saturated heterocycles. The molecule has 0 amide bonds. The van der Waals surface area contributed by atoms with E-state index in [0.717, 1.165) is 18.7 Å². The Morgan fingerprint density at radius 1 is 1.50 bits per heavy atom. The Kier molecular flexibility index (Phi) is 2.89. The summed E-state index contributed by atoms with van der Waals surface area (Å²) in [6.45, 7) is 7.17. The Hall–Kier alpha value is -1.09. The first-order chi connectivity index (χ1) is 7.46. The van der Waals surface area contributed by atoms with Crippen molar-refractivity contribution in [1.29, 1.82) is 0 Å². The van der Waals surface area contributed by atoms with E-state index in [9.17, 15) is 4.79 Å². The van der Waals surface area contributed by atoms with Crippen LogP contribution in [0.1, 0.15) is 30.6 Å². The summed E-state index contributed by atoms with van der Waals surface area (Å²) in [5.74, 6) is 0.235. The number of carbonyl (C=O) groups is 1. The predicted molar refractivity (Wildman–Crippen MR) is 64.6 cm³/mol. The summed E-state index contributed by atoms with van der Waals surface area (Å²) in [6.07, 6.45) is 5.00. The lowest BCUT2D eigenvalue weighted by Crippen LogP contribution is -2.29. The van der Waals surface area contributed by atoms with Gasteiger partial charge in [0.15, 0.2) is 5.78 Å². The maximum Gasteiger partial charge on any atom is 0.178 e. The molecule has 0 spiro atoms. The fourth-order valence-electron chi connectivity index (χ4n) is 2.32. The Morgan fingerprint density at radius 2 is 2.25 bits per heavy atom. The summed E-state index contributed by atoms with van der Waals surface area (Å²) < 4.78 is 1.92. The SMILES string of the molecule is Cn1ccc(C(=O)CN2CCC(C)(C)C2)c1. The molecule has 0 aromatic carbocycles. The van der Waals surface area contributed by atoms with Crippen LogP contribution in [0.25, 0.3) is 0 Å². The molecule has 0 aliphatic carbocycles. The van der Waals surface area contributed by atoms with Crippen LogP contribution in [0.5, 0.6) is 0 Å². The molecular weight excluding hydrogens is 200 g/mol. The summed E-state index contributed by atoms with van der Waals surface area (Å²) in [4.78, 5) is 14.2. The smallest absolute Gasteiger partial charge is 0.178 e. The zero-order valence-corrected chi connectivity index (χ0v) is 10.4. The summed E-state index contributed by atoms with van der Waals surface area (Å²) in [7, 11) is 1.94. The monoisotopic (exact) mass is 220 g/mol. The maximum atomic E-state index is 12.0. The Bertz CT molecular complexity index is 392. The van der Waals surface area contributed by atoms with E-state index in [2.05, 4.69) is 18.7 Å². The molecule has 2 heterocycles. The lowest BCUT2D eigenvalue weighted by molar-refractivity contribution is 0.0940. The van der Waals surface area contributed by atoms with E-state index < -0.39 is 0 Å². The fraction of sp³-hybridized carbons (Fsp3) is 0.615. The van der Waals surface area contributed by atoms with Crippen LogP contribution in [0.2, 0.25) is 0 Å². The second-order valence-corrected chi connectivity index (χ2v) is 5.61. The number of aromatic nitrogens is 1. The summed E-state index contributed by atoms with van der Waals surface area (Å²) in [5, 5.41) is 0. The third kappa shape index (κ3) is 2.53. The van der Waals surface area contributed by atoms with Gasteiger partial charge >= 0.3 is 0 Å². The van der Waals surface area contributed by atoms with Crippen molar-refractivity contribution in [2.24, 2.45) is 12.5 Å². The van der Waals surface area contributed by atoms with Crippen molar-refractivity contribution in [2.45, 2.75) is 20.3 Å². The van der Waals surface area contributed by atoms with Gasteiger partial charge in [0, 0.05) is 31.5 Å². The number of hydrogen-bond donors (Lipinski definition) is 0. The average molecular weight is 220 g/mol. The van der Waals surface area contributed by atoms with Gasteiger partial charge in [-0.1, -0.05) is 13.8 Å². The molecule has 88 valence electrons. The van der Waals surface area contributed by atoms with Gasteiger partial charge in [0.05, 0.1) is 6.54 Å². The minimum Gasteiger partial charge on any atom is -0.357 e. The molecule has 0 saturated carbocycles. The quantitative estimate of drug-likeness (QED) is 0.727. The number of Topliss-reactive ketones (excluding diaryl/α,β-unsaturated/α-hetero) is 1. The first kappa shape index (κ1) is 11.4. The van der Waals surface area contributed by atoms with Gasteiger partial charge in [-0.2, -0.15) is 0 Å². The van der Waals surface area contributed by atoms with E-state index in [-0.39, 0.29) is 5.78 Å². The molecule has 1 fully saturated rings. The predicted octanol–water partition coefficient (Wildman–Crippen LogP) is 1.94. The first-order valence-corrected chi connectivity index (χ1v) is 5.84. The van der Waals surface area contributed by atoms with E-state index >= 15 is 0 Å². The van der Waals surface area contributed by atoms with Gasteiger partial charge in [-0.05, 0) is 24.4 Å². The maximum absolute atomic E-state index is 12.0. The summed E-state index contributed by atoms with van der Waals surface area (Å²) in [5.41, 5.74) is 1.20. The number of carbonyl (C=O) groups excluding carboxylic acids is 1. The van der Waals surface area contributed by atoms with Gasteiger partial charge in [0.2, 0.25) is 0 Å². The number of ketones is 1. The standard InChI is InChI=1S/C13H20N2O/c1-13(2)5-7-15(10-13)9-12(16)11-4-6-14(3)8-11/h4,6,8H,5,7,9-10H2,1-3H3. The number of rotatable bonds is 3. The van der Waals surface area contributed by atoms with Gasteiger partial charge in [0.1, 0.15) is 0 Å². The third-order valence-electron chi connectivity index (χ3n) is 3.28. The molecule has 0 atom stereocenters. The minimum absolute atomic E-state index is 0.235. The minimum atomic E-state index is 0.235. The van der Waals surface area contributed by atoms with Gasteiger partial charge < -0.3 is 4.57 Å². The second kappa shape index (κ2) is 4.06. The topological polar surface area (TPSA) is 25.2 Å². The zero-order chi connectivity index (χ0) is 11.8. The number of likely N-dealkylation sites (tertiary alicyclic amines) is 1. The van der Waals surface area contributed by atoms with Crippen molar-refractivity contribution in [3.63, 3.8) is 0 Å². The van der Waals surface area contributed by atoms with Gasteiger partial charge in [-0.3, -0.25) is 9.69 Å². The normalized spacial score (nSPS) is 20.2. The van der Waals surface area contributed by atoms with E-state index in [1.54, 1.807) is 0 Å². The van der Waals surface area contributed by atoms with Gasteiger partial charge in [-0.25, -0.2) is 0 Å². The first-order valence-electron chi connectivity index (χ1n) is 5.84. The molecule has 0 bridgehead atoms. The van der Waals surface area contributed by atoms with Crippen molar-refractivity contribution < 1.29 is 4.79 Å². The van der Waals surface area contributed by atoms with Crippen LogP contribution in [0, 0.1) is 5.41 Å². The highest BCUT2D eigenvalue weighted by molar-refractivity contribution is 5.97. The molecule has 1 aromatic heterocycles. The van der Waals surface area contributed by atoms with E-state index in [4.69, 9.17) is 0 Å². The number of aryl methyl sites for hydroxylation is 1. The lowest BCUT2D eigenvalue weighted by atomic mass is 9.93. The van der Waals surface area contributed by atoms with Crippen LogP contribution in [0.4, 0.5) is 0 Å².